The Morgan fingerprint density at radius 2 is 2.05 bits per heavy atom. The number of hydrogen-bond acceptors (Lipinski definition) is 3. The summed E-state index contributed by atoms with van der Waals surface area (Å²) < 4.78 is 1.03. The van der Waals surface area contributed by atoms with Crippen molar-refractivity contribution in [3.8, 4) is 0 Å². The summed E-state index contributed by atoms with van der Waals surface area (Å²) in [5.41, 5.74) is 7.58. The highest BCUT2D eigenvalue weighted by molar-refractivity contribution is 9.10. The first kappa shape index (κ1) is 14.8. The summed E-state index contributed by atoms with van der Waals surface area (Å²) in [7, 11) is 2.03. The summed E-state index contributed by atoms with van der Waals surface area (Å²) in [6, 6.07) is 6.23. The van der Waals surface area contributed by atoms with Crippen molar-refractivity contribution in [3.05, 3.63) is 28.2 Å². The average Bonchev–Trinajstić information content (AvgIpc) is 2.75. The Balaban J connectivity index is 2.12. The number of benzene rings is 1. The number of anilines is 1. The van der Waals surface area contributed by atoms with Crippen molar-refractivity contribution >= 4 is 21.6 Å². The molecule has 106 valence electrons. The fourth-order valence-corrected chi connectivity index (χ4v) is 3.53. The summed E-state index contributed by atoms with van der Waals surface area (Å²) in [4.78, 5) is 2.13. The van der Waals surface area contributed by atoms with E-state index in [1.165, 1.54) is 0 Å². The van der Waals surface area contributed by atoms with Crippen molar-refractivity contribution in [1.29, 1.82) is 0 Å². The normalized spacial score (nSPS) is 19.4. The van der Waals surface area contributed by atoms with Crippen LogP contribution < -0.4 is 10.6 Å². The molecule has 3 N–H and O–H groups in total. The van der Waals surface area contributed by atoms with Gasteiger partial charge in [-0.25, -0.2) is 0 Å². The lowest BCUT2D eigenvalue weighted by Crippen LogP contribution is -2.39. The quantitative estimate of drug-likeness (QED) is 0.893. The van der Waals surface area contributed by atoms with Crippen LogP contribution in [-0.4, -0.2) is 24.3 Å². The Kier molecular flexibility index (Phi) is 4.54. The van der Waals surface area contributed by atoms with Gasteiger partial charge in [-0.05, 0) is 53.4 Å². The second-order valence-corrected chi connectivity index (χ2v) is 6.64. The molecule has 19 heavy (non-hydrogen) atoms. The van der Waals surface area contributed by atoms with Crippen LogP contribution >= 0.6 is 15.9 Å². The van der Waals surface area contributed by atoms with Gasteiger partial charge in [-0.2, -0.15) is 0 Å². The van der Waals surface area contributed by atoms with Gasteiger partial charge in [0.05, 0.1) is 11.3 Å². The maximum absolute atomic E-state index is 10.5. The van der Waals surface area contributed by atoms with Crippen LogP contribution in [0.1, 0.15) is 44.2 Å². The SMILES string of the molecule is CC(N)c1ccc(N(C)CC2(O)CCCC2)c(Br)c1. The predicted molar refractivity (Wildman–Crippen MR) is 83.4 cm³/mol. The zero-order valence-electron chi connectivity index (χ0n) is 11.7. The molecule has 1 fully saturated rings. The Morgan fingerprint density at radius 1 is 1.42 bits per heavy atom. The van der Waals surface area contributed by atoms with E-state index in [1.807, 2.05) is 14.0 Å². The smallest absolute Gasteiger partial charge is 0.0821 e. The van der Waals surface area contributed by atoms with Gasteiger partial charge in [0.2, 0.25) is 0 Å². The minimum absolute atomic E-state index is 0.0367. The fraction of sp³-hybridized carbons (Fsp3) is 0.600. The van der Waals surface area contributed by atoms with Crippen molar-refractivity contribution in [1.82, 2.24) is 0 Å². The summed E-state index contributed by atoms with van der Waals surface area (Å²) in [6.07, 6.45) is 4.09. The molecule has 3 nitrogen and oxygen atoms in total. The Morgan fingerprint density at radius 3 is 2.58 bits per heavy atom. The van der Waals surface area contributed by atoms with Gasteiger partial charge in [0, 0.05) is 24.1 Å². The molecule has 0 radical (unpaired) electrons. The van der Waals surface area contributed by atoms with Crippen molar-refractivity contribution in [2.75, 3.05) is 18.5 Å². The molecule has 1 aromatic carbocycles. The van der Waals surface area contributed by atoms with E-state index < -0.39 is 5.60 Å². The molecule has 1 atom stereocenters. The van der Waals surface area contributed by atoms with E-state index in [4.69, 9.17) is 5.73 Å². The maximum atomic E-state index is 10.5. The van der Waals surface area contributed by atoms with Gasteiger partial charge < -0.3 is 15.7 Å². The van der Waals surface area contributed by atoms with Gasteiger partial charge in [-0.3, -0.25) is 0 Å². The van der Waals surface area contributed by atoms with E-state index in [-0.39, 0.29) is 6.04 Å². The second-order valence-electron chi connectivity index (χ2n) is 5.79. The van der Waals surface area contributed by atoms with Crippen LogP contribution in [0.3, 0.4) is 0 Å². The lowest BCUT2D eigenvalue weighted by atomic mass is 10.0. The minimum atomic E-state index is -0.520. The van der Waals surface area contributed by atoms with Gasteiger partial charge in [0.1, 0.15) is 0 Å². The second kappa shape index (κ2) is 5.81. The lowest BCUT2D eigenvalue weighted by molar-refractivity contribution is 0.0559. The van der Waals surface area contributed by atoms with Crippen molar-refractivity contribution in [3.63, 3.8) is 0 Å². The summed E-state index contributed by atoms with van der Waals surface area (Å²) in [5, 5.41) is 10.5. The van der Waals surface area contributed by atoms with Crippen LogP contribution in [0.2, 0.25) is 0 Å². The number of likely N-dealkylation sites (N-methyl/N-ethyl adjacent to an activating group) is 1. The number of hydrogen-bond donors (Lipinski definition) is 2. The highest BCUT2D eigenvalue weighted by Gasteiger charge is 2.32. The Labute approximate surface area is 123 Å². The molecule has 1 aliphatic carbocycles. The van der Waals surface area contributed by atoms with Gasteiger partial charge in [0.25, 0.3) is 0 Å². The first-order valence-electron chi connectivity index (χ1n) is 6.90. The molecule has 1 aromatic rings. The molecule has 1 unspecified atom stereocenters. The summed E-state index contributed by atoms with van der Waals surface area (Å²) in [6.45, 7) is 2.66. The van der Waals surface area contributed by atoms with Gasteiger partial charge in [0.15, 0.2) is 0 Å². The van der Waals surface area contributed by atoms with Gasteiger partial charge >= 0.3 is 0 Å². The van der Waals surface area contributed by atoms with Crippen molar-refractivity contribution in [2.45, 2.75) is 44.2 Å². The van der Waals surface area contributed by atoms with E-state index in [2.05, 4.69) is 39.0 Å². The van der Waals surface area contributed by atoms with Crippen LogP contribution in [0.25, 0.3) is 0 Å². The zero-order chi connectivity index (χ0) is 14.0. The molecule has 1 aliphatic rings. The topological polar surface area (TPSA) is 49.5 Å². The Hall–Kier alpha value is -0.580. The molecule has 0 saturated heterocycles. The zero-order valence-corrected chi connectivity index (χ0v) is 13.3. The molecule has 0 aromatic heterocycles. The molecule has 2 rings (SSSR count). The van der Waals surface area contributed by atoms with Crippen LogP contribution in [0.4, 0.5) is 5.69 Å². The first-order valence-corrected chi connectivity index (χ1v) is 7.69. The summed E-state index contributed by atoms with van der Waals surface area (Å²) >= 11 is 3.60. The molecule has 1 saturated carbocycles. The predicted octanol–water partition coefficient (Wildman–Crippen LogP) is 3.21. The fourth-order valence-electron chi connectivity index (χ4n) is 2.83. The van der Waals surface area contributed by atoms with E-state index in [9.17, 15) is 5.11 Å². The van der Waals surface area contributed by atoms with Crippen LogP contribution in [-0.2, 0) is 0 Å². The third-order valence-electron chi connectivity index (χ3n) is 3.97. The van der Waals surface area contributed by atoms with E-state index in [1.54, 1.807) is 0 Å². The number of nitrogens with two attached hydrogens (primary N) is 1. The van der Waals surface area contributed by atoms with E-state index in [0.29, 0.717) is 6.54 Å². The van der Waals surface area contributed by atoms with Crippen molar-refractivity contribution < 1.29 is 5.11 Å². The molecule has 0 aliphatic heterocycles. The van der Waals surface area contributed by atoms with E-state index in [0.717, 1.165) is 41.4 Å². The highest BCUT2D eigenvalue weighted by atomic mass is 79.9. The van der Waals surface area contributed by atoms with Crippen LogP contribution in [0.15, 0.2) is 22.7 Å². The number of aliphatic hydroxyl groups is 1. The minimum Gasteiger partial charge on any atom is -0.388 e. The molecule has 4 heteroatoms. The molecular formula is C15H23BrN2O. The number of rotatable bonds is 4. The Bertz CT molecular complexity index is 442. The molecule has 0 heterocycles. The highest BCUT2D eigenvalue weighted by Crippen LogP contribution is 2.34. The van der Waals surface area contributed by atoms with Gasteiger partial charge in [-0.15, -0.1) is 0 Å². The molecular weight excluding hydrogens is 304 g/mol. The van der Waals surface area contributed by atoms with Crippen molar-refractivity contribution in [2.24, 2.45) is 5.73 Å². The van der Waals surface area contributed by atoms with Crippen LogP contribution in [0.5, 0.6) is 0 Å². The third-order valence-corrected chi connectivity index (χ3v) is 4.61. The molecule has 0 bridgehead atoms. The largest absolute Gasteiger partial charge is 0.388 e. The van der Waals surface area contributed by atoms with E-state index >= 15 is 0 Å². The third kappa shape index (κ3) is 3.50. The standard InChI is InChI=1S/C15H23BrN2O/c1-11(17)12-5-6-14(13(16)9-12)18(2)10-15(19)7-3-4-8-15/h5-6,9,11,19H,3-4,7-8,10,17H2,1-2H3. The number of nitrogens with zero attached hydrogens (tertiary/aromatic N) is 1. The average molecular weight is 327 g/mol. The van der Waals surface area contributed by atoms with Gasteiger partial charge in [-0.1, -0.05) is 18.9 Å². The van der Waals surface area contributed by atoms with Crippen LogP contribution in [0, 0.1) is 0 Å². The number of halogens is 1. The molecule has 0 amide bonds. The molecule has 0 spiro atoms. The lowest BCUT2D eigenvalue weighted by Gasteiger charge is -2.30. The summed E-state index contributed by atoms with van der Waals surface area (Å²) in [5.74, 6) is 0. The first-order chi connectivity index (χ1) is 8.91. The maximum Gasteiger partial charge on any atom is 0.0821 e. The monoisotopic (exact) mass is 326 g/mol.